The van der Waals surface area contributed by atoms with Gasteiger partial charge in [0.05, 0.1) is 47.9 Å². The molecule has 222 valence electrons. The zero-order valence-corrected chi connectivity index (χ0v) is 24.0. The third-order valence-corrected chi connectivity index (χ3v) is 8.67. The van der Waals surface area contributed by atoms with Crippen LogP contribution < -0.4 is 0 Å². The van der Waals surface area contributed by atoms with Crippen LogP contribution in [0.15, 0.2) is 67.1 Å². The minimum atomic E-state index is -2.35. The Labute approximate surface area is 252 Å². The highest BCUT2D eigenvalue weighted by atomic mass is 35.5. The summed E-state index contributed by atoms with van der Waals surface area (Å²) in [7, 11) is 0. The highest BCUT2D eigenvalue weighted by Gasteiger charge is 2.58. The van der Waals surface area contributed by atoms with E-state index in [-0.39, 0.29) is 36.3 Å². The number of aliphatic hydroxyl groups is 1. The first kappa shape index (κ1) is 29.2. The number of halogens is 3. The molecule has 1 saturated heterocycles. The summed E-state index contributed by atoms with van der Waals surface area (Å²) >= 11 is 6.22. The van der Waals surface area contributed by atoms with Crippen molar-refractivity contribution in [2.75, 3.05) is 19.8 Å². The monoisotopic (exact) mass is 607 g/mol. The van der Waals surface area contributed by atoms with Gasteiger partial charge in [0.2, 0.25) is 5.72 Å². The molecule has 1 N–H and O–H groups in total. The summed E-state index contributed by atoms with van der Waals surface area (Å²) in [6, 6.07) is 14.2. The number of nitriles is 1. The molecule has 0 spiro atoms. The highest BCUT2D eigenvalue weighted by Crippen LogP contribution is 2.51. The number of amides is 1. The van der Waals surface area contributed by atoms with Crippen LogP contribution in [-0.2, 0) is 32.1 Å². The van der Waals surface area contributed by atoms with Crippen molar-refractivity contribution in [2.45, 2.75) is 49.4 Å². The maximum Gasteiger partial charge on any atom is 0.257 e. The van der Waals surface area contributed by atoms with Crippen molar-refractivity contribution >= 4 is 17.5 Å². The lowest BCUT2D eigenvalue weighted by molar-refractivity contribution is -0.148. The van der Waals surface area contributed by atoms with Gasteiger partial charge in [-0.25, -0.2) is 8.78 Å². The Morgan fingerprint density at radius 3 is 2.67 bits per heavy atom. The Balaban J connectivity index is 1.58. The number of carbonyl (C=O) groups is 1. The molecule has 3 aliphatic heterocycles. The van der Waals surface area contributed by atoms with E-state index in [0.717, 1.165) is 18.4 Å². The molecule has 8 nitrogen and oxygen atoms in total. The van der Waals surface area contributed by atoms with E-state index >= 15 is 8.78 Å². The fraction of sp³-hybridized carbons (Fsp3) is 0.344. The average Bonchev–Trinajstić information content (AvgIpc) is 3.75. The summed E-state index contributed by atoms with van der Waals surface area (Å²) in [5, 5.41) is 21.3. The van der Waals surface area contributed by atoms with Crippen molar-refractivity contribution in [1.82, 2.24) is 9.88 Å². The van der Waals surface area contributed by atoms with Gasteiger partial charge in [-0.3, -0.25) is 14.7 Å². The Hall–Kier alpha value is -3.88. The molecule has 1 aromatic heterocycles. The van der Waals surface area contributed by atoms with Crippen molar-refractivity contribution in [3.63, 3.8) is 0 Å². The lowest BCUT2D eigenvalue weighted by Gasteiger charge is -2.41. The number of fused-ring (bicyclic) bond motifs is 1. The van der Waals surface area contributed by atoms with Gasteiger partial charge in [-0.2, -0.15) is 5.26 Å². The van der Waals surface area contributed by atoms with Crippen LogP contribution in [0.25, 0.3) is 0 Å². The number of benzene rings is 2. The van der Waals surface area contributed by atoms with E-state index < -0.39 is 41.4 Å². The molecule has 2 aromatic carbocycles. The molecule has 3 aliphatic rings. The van der Waals surface area contributed by atoms with Gasteiger partial charge < -0.3 is 19.3 Å². The molecule has 1 fully saturated rings. The van der Waals surface area contributed by atoms with E-state index in [4.69, 9.17) is 25.8 Å². The third kappa shape index (κ3) is 4.68. The number of ether oxygens (including phenoxy) is 3. The molecule has 6 rings (SSSR count). The van der Waals surface area contributed by atoms with Crippen molar-refractivity contribution in [3.05, 3.63) is 111 Å². The summed E-state index contributed by atoms with van der Waals surface area (Å²) in [5.41, 5.74) is -5.41. The van der Waals surface area contributed by atoms with Gasteiger partial charge >= 0.3 is 0 Å². The normalized spacial score (nSPS) is 25.8. The van der Waals surface area contributed by atoms with Gasteiger partial charge in [0, 0.05) is 23.4 Å². The predicted molar refractivity (Wildman–Crippen MR) is 151 cm³/mol. The first-order valence-electron chi connectivity index (χ1n) is 13.9. The molecule has 0 aliphatic carbocycles. The number of carbonyl (C=O) groups excluding carboxylic acids is 1. The Morgan fingerprint density at radius 2 is 2.07 bits per heavy atom. The van der Waals surface area contributed by atoms with Crippen LogP contribution >= 0.6 is 11.6 Å². The number of nitrogens with zero attached hydrogens (tertiary/aromatic N) is 3. The zero-order valence-electron chi connectivity index (χ0n) is 23.2. The number of hydrogen-bond donors (Lipinski definition) is 1. The predicted octanol–water partition coefficient (Wildman–Crippen LogP) is 5.26. The summed E-state index contributed by atoms with van der Waals surface area (Å²) in [6.45, 7) is 1.66. The minimum Gasteiger partial charge on any atom is -0.498 e. The maximum atomic E-state index is 16.7. The van der Waals surface area contributed by atoms with Gasteiger partial charge in [-0.1, -0.05) is 30.7 Å². The number of hydrogen-bond acceptors (Lipinski definition) is 7. The second-order valence-electron chi connectivity index (χ2n) is 10.9. The van der Waals surface area contributed by atoms with Crippen LogP contribution in [0.5, 0.6) is 0 Å². The first-order chi connectivity index (χ1) is 20.6. The molecule has 11 heteroatoms. The SMILES string of the molecule is CCC(O)(c1cc(F)c2c(c1)C(=O)N(Cc1ccc(C#N)cn1)[C@@]2(O[C@H]1CCOC1)c1ccc(Cl)cc1)C1(F)C=COC1. The van der Waals surface area contributed by atoms with Crippen LogP contribution in [0.1, 0.15) is 58.1 Å². The van der Waals surface area contributed by atoms with E-state index in [1.807, 2.05) is 6.07 Å². The Morgan fingerprint density at radius 1 is 1.28 bits per heavy atom. The number of alkyl halides is 1. The summed E-state index contributed by atoms with van der Waals surface area (Å²) in [6.07, 6.45) is 3.54. The first-order valence-corrected chi connectivity index (χ1v) is 14.3. The van der Waals surface area contributed by atoms with E-state index in [0.29, 0.717) is 34.9 Å². The minimum absolute atomic E-state index is 0.0753. The Bertz CT molecular complexity index is 1620. The fourth-order valence-electron chi connectivity index (χ4n) is 6.09. The van der Waals surface area contributed by atoms with Crippen LogP contribution in [0.2, 0.25) is 5.02 Å². The second kappa shape index (κ2) is 11.0. The second-order valence-corrected chi connectivity index (χ2v) is 11.3. The van der Waals surface area contributed by atoms with Gasteiger partial charge in [0.15, 0.2) is 5.67 Å². The molecule has 2 unspecified atom stereocenters. The van der Waals surface area contributed by atoms with Gasteiger partial charge in [0.25, 0.3) is 5.91 Å². The zero-order chi connectivity index (χ0) is 30.4. The molecule has 4 atom stereocenters. The highest BCUT2D eigenvalue weighted by molar-refractivity contribution is 6.30. The molecule has 0 radical (unpaired) electrons. The van der Waals surface area contributed by atoms with Crippen molar-refractivity contribution in [1.29, 1.82) is 5.26 Å². The molecule has 0 saturated carbocycles. The molecule has 3 aromatic rings. The average molecular weight is 608 g/mol. The molecule has 1 amide bonds. The summed E-state index contributed by atoms with van der Waals surface area (Å²) in [5.74, 6) is -1.47. The van der Waals surface area contributed by atoms with Gasteiger partial charge in [-0.05, 0) is 60.9 Å². The maximum absolute atomic E-state index is 16.7. The molecular formula is C32H28ClF2N3O5. The van der Waals surface area contributed by atoms with Crippen LogP contribution in [-0.4, -0.2) is 52.5 Å². The third-order valence-electron chi connectivity index (χ3n) is 8.42. The van der Waals surface area contributed by atoms with Gasteiger partial charge in [0.1, 0.15) is 24.1 Å². The van der Waals surface area contributed by atoms with Crippen molar-refractivity contribution in [3.8, 4) is 6.07 Å². The summed E-state index contributed by atoms with van der Waals surface area (Å²) in [4.78, 5) is 20.1. The van der Waals surface area contributed by atoms with Crippen LogP contribution in [0.3, 0.4) is 0 Å². The van der Waals surface area contributed by atoms with E-state index in [1.54, 1.807) is 43.3 Å². The van der Waals surface area contributed by atoms with Crippen LogP contribution in [0.4, 0.5) is 8.78 Å². The summed E-state index contributed by atoms with van der Waals surface area (Å²) < 4.78 is 50.1. The topological polar surface area (TPSA) is 105 Å². The van der Waals surface area contributed by atoms with Crippen molar-refractivity contribution in [2.24, 2.45) is 0 Å². The quantitative estimate of drug-likeness (QED) is 0.373. The smallest absolute Gasteiger partial charge is 0.257 e. The lowest BCUT2D eigenvalue weighted by atomic mass is 9.76. The van der Waals surface area contributed by atoms with Crippen LogP contribution in [0, 0.1) is 17.1 Å². The molecule has 43 heavy (non-hydrogen) atoms. The number of rotatable bonds is 8. The van der Waals surface area contributed by atoms with E-state index in [1.165, 1.54) is 17.2 Å². The van der Waals surface area contributed by atoms with E-state index in [2.05, 4.69) is 4.98 Å². The number of aromatic nitrogens is 1. The molecule has 0 bridgehead atoms. The molecular weight excluding hydrogens is 580 g/mol. The Kier molecular flexibility index (Phi) is 7.47. The van der Waals surface area contributed by atoms with E-state index in [9.17, 15) is 15.2 Å². The fourth-order valence-corrected chi connectivity index (χ4v) is 6.22. The van der Waals surface area contributed by atoms with Gasteiger partial charge in [-0.15, -0.1) is 0 Å². The van der Waals surface area contributed by atoms with Crippen molar-refractivity contribution < 1.29 is 32.9 Å². The standard InChI is InChI=1S/C32H28ClF2N3O5/c1-2-31(40,30(35)10-12-42-19-30)22-13-26-28(27(34)14-22)32(43-25-9-11-41-18-25,21-4-6-23(33)7-5-21)38(29(26)39)17-24-8-3-20(15-36)16-37-24/h3-8,10,12-14,16,25,40H,2,9,11,17-19H2,1H3/t25-,30?,31?,32+/m0/s1. The largest absolute Gasteiger partial charge is 0.498 e. The number of pyridine rings is 1. The lowest BCUT2D eigenvalue weighted by Crippen LogP contribution is -2.49. The molecule has 4 heterocycles.